The fraction of sp³-hybridized carbons (Fsp3) is 0.462. The van der Waals surface area contributed by atoms with Crippen molar-refractivity contribution in [3.8, 4) is 0 Å². The van der Waals surface area contributed by atoms with Crippen molar-refractivity contribution in [2.24, 2.45) is 0 Å². The smallest absolute Gasteiger partial charge is 0.317 e. The molecule has 2 aromatic rings. The number of rotatable bonds is 5. The van der Waals surface area contributed by atoms with Gasteiger partial charge in [-0.1, -0.05) is 6.92 Å². The van der Waals surface area contributed by atoms with Gasteiger partial charge in [-0.05, 0) is 13.3 Å². The number of carbonyl (C=O) groups is 1. The van der Waals surface area contributed by atoms with Crippen molar-refractivity contribution < 1.29 is 4.79 Å². The summed E-state index contributed by atoms with van der Waals surface area (Å²) in [7, 11) is 1.77. The summed E-state index contributed by atoms with van der Waals surface area (Å²) >= 11 is 3.21. The normalized spacial score (nSPS) is 10.6. The highest BCUT2D eigenvalue weighted by molar-refractivity contribution is 7.11. The van der Waals surface area contributed by atoms with E-state index in [-0.39, 0.29) is 6.03 Å². The van der Waals surface area contributed by atoms with Crippen LogP contribution in [0.15, 0.2) is 11.6 Å². The third kappa shape index (κ3) is 4.01. The molecule has 0 saturated heterocycles. The molecular formula is C13H18N4OS2. The largest absolute Gasteiger partial charge is 0.331 e. The lowest BCUT2D eigenvalue weighted by molar-refractivity contribution is 0.206. The maximum absolute atomic E-state index is 12.0. The summed E-state index contributed by atoms with van der Waals surface area (Å²) < 4.78 is 0. The van der Waals surface area contributed by atoms with Gasteiger partial charge in [0.2, 0.25) is 0 Å². The Morgan fingerprint density at radius 3 is 2.85 bits per heavy atom. The molecule has 0 aliphatic carbocycles. The molecule has 2 aromatic heterocycles. The SMILES string of the molecule is CCc1cnc(CN(C)C(=O)NCc2nc(C)cs2)s1. The lowest BCUT2D eigenvalue weighted by Crippen LogP contribution is -2.36. The van der Waals surface area contributed by atoms with Crippen molar-refractivity contribution >= 4 is 28.7 Å². The Balaban J connectivity index is 1.82. The number of aryl methyl sites for hydroxylation is 2. The second-order valence-electron chi connectivity index (χ2n) is 4.47. The number of hydrogen-bond donors (Lipinski definition) is 1. The van der Waals surface area contributed by atoms with E-state index in [1.54, 1.807) is 34.6 Å². The summed E-state index contributed by atoms with van der Waals surface area (Å²) in [6, 6.07) is -0.105. The second-order valence-corrected chi connectivity index (χ2v) is 6.61. The van der Waals surface area contributed by atoms with Crippen LogP contribution < -0.4 is 5.32 Å². The van der Waals surface area contributed by atoms with Crippen molar-refractivity contribution in [2.45, 2.75) is 33.4 Å². The van der Waals surface area contributed by atoms with Gasteiger partial charge in [0.25, 0.3) is 0 Å². The molecule has 0 aliphatic rings. The predicted molar refractivity (Wildman–Crippen MR) is 82.0 cm³/mol. The van der Waals surface area contributed by atoms with E-state index >= 15 is 0 Å². The number of thiazole rings is 2. The zero-order valence-electron chi connectivity index (χ0n) is 11.8. The number of amides is 2. The number of urea groups is 1. The summed E-state index contributed by atoms with van der Waals surface area (Å²) in [6.45, 7) is 5.05. The molecule has 1 N–H and O–H groups in total. The van der Waals surface area contributed by atoms with E-state index in [9.17, 15) is 4.79 Å². The van der Waals surface area contributed by atoms with E-state index < -0.39 is 0 Å². The first-order valence-electron chi connectivity index (χ1n) is 6.42. The van der Waals surface area contributed by atoms with E-state index in [1.807, 2.05) is 18.5 Å². The number of aromatic nitrogens is 2. The van der Waals surface area contributed by atoms with Gasteiger partial charge in [-0.25, -0.2) is 14.8 Å². The number of carbonyl (C=O) groups excluding carboxylic acids is 1. The highest BCUT2D eigenvalue weighted by atomic mass is 32.1. The van der Waals surface area contributed by atoms with Crippen LogP contribution in [0.1, 0.15) is 27.5 Å². The van der Waals surface area contributed by atoms with E-state index in [2.05, 4.69) is 22.2 Å². The number of nitrogens with one attached hydrogen (secondary N) is 1. The maximum atomic E-state index is 12.0. The van der Waals surface area contributed by atoms with Crippen LogP contribution in [0.25, 0.3) is 0 Å². The first-order valence-corrected chi connectivity index (χ1v) is 8.11. The molecule has 0 atom stereocenters. The molecule has 0 bridgehead atoms. The first kappa shape index (κ1) is 14.9. The van der Waals surface area contributed by atoms with Crippen molar-refractivity contribution in [1.82, 2.24) is 20.2 Å². The van der Waals surface area contributed by atoms with Crippen LogP contribution in [0.2, 0.25) is 0 Å². The first-order chi connectivity index (χ1) is 9.58. The molecule has 0 saturated carbocycles. The van der Waals surface area contributed by atoms with E-state index in [4.69, 9.17) is 0 Å². The molecule has 0 aromatic carbocycles. The Morgan fingerprint density at radius 2 is 2.25 bits per heavy atom. The van der Waals surface area contributed by atoms with Crippen LogP contribution in [0.3, 0.4) is 0 Å². The molecule has 5 nitrogen and oxygen atoms in total. The molecule has 0 radical (unpaired) electrons. The topological polar surface area (TPSA) is 58.1 Å². The van der Waals surface area contributed by atoms with Gasteiger partial charge in [0.05, 0.1) is 13.1 Å². The van der Waals surface area contributed by atoms with Crippen LogP contribution in [-0.2, 0) is 19.5 Å². The van der Waals surface area contributed by atoms with Gasteiger partial charge in [-0.15, -0.1) is 22.7 Å². The maximum Gasteiger partial charge on any atom is 0.317 e. The predicted octanol–water partition coefficient (Wildman–Crippen LogP) is 2.81. The highest BCUT2D eigenvalue weighted by Gasteiger charge is 2.11. The number of nitrogens with zero attached hydrogens (tertiary/aromatic N) is 3. The molecule has 2 amide bonds. The van der Waals surface area contributed by atoms with Gasteiger partial charge in [0, 0.05) is 29.2 Å². The third-order valence-corrected chi connectivity index (χ3v) is 4.82. The van der Waals surface area contributed by atoms with Crippen molar-refractivity contribution in [3.63, 3.8) is 0 Å². The Morgan fingerprint density at radius 1 is 1.45 bits per heavy atom. The van der Waals surface area contributed by atoms with E-state index in [1.165, 1.54) is 4.88 Å². The third-order valence-electron chi connectivity index (χ3n) is 2.73. The Kier molecular flexibility index (Phi) is 5.08. The molecule has 20 heavy (non-hydrogen) atoms. The van der Waals surface area contributed by atoms with Crippen LogP contribution >= 0.6 is 22.7 Å². The molecule has 2 rings (SSSR count). The van der Waals surface area contributed by atoms with Crippen LogP contribution in [0.5, 0.6) is 0 Å². The molecule has 2 heterocycles. The van der Waals surface area contributed by atoms with Gasteiger partial charge in [0.15, 0.2) is 0 Å². The van der Waals surface area contributed by atoms with Crippen LogP contribution in [0.4, 0.5) is 4.79 Å². The molecule has 0 spiro atoms. The standard InChI is InChI=1S/C13H18N4OS2/c1-4-10-5-14-12(20-10)7-17(3)13(18)15-6-11-16-9(2)8-19-11/h5,8H,4,6-7H2,1-3H3,(H,15,18). The molecule has 7 heteroatoms. The minimum Gasteiger partial charge on any atom is -0.331 e. The van der Waals surface area contributed by atoms with Crippen molar-refractivity contribution in [1.29, 1.82) is 0 Å². The van der Waals surface area contributed by atoms with E-state index in [0.29, 0.717) is 13.1 Å². The molecule has 0 fully saturated rings. The lowest BCUT2D eigenvalue weighted by atomic mass is 10.4. The van der Waals surface area contributed by atoms with Crippen LogP contribution in [0, 0.1) is 6.92 Å². The minimum atomic E-state index is -0.105. The fourth-order valence-electron chi connectivity index (χ4n) is 1.63. The van der Waals surface area contributed by atoms with Gasteiger partial charge >= 0.3 is 6.03 Å². The molecular weight excluding hydrogens is 292 g/mol. The summed E-state index contributed by atoms with van der Waals surface area (Å²) in [4.78, 5) is 23.5. The van der Waals surface area contributed by atoms with Gasteiger partial charge in [-0.2, -0.15) is 0 Å². The zero-order chi connectivity index (χ0) is 14.5. The van der Waals surface area contributed by atoms with Gasteiger partial charge < -0.3 is 10.2 Å². The Bertz CT molecular complexity index is 578. The lowest BCUT2D eigenvalue weighted by Gasteiger charge is -2.15. The van der Waals surface area contributed by atoms with E-state index in [0.717, 1.165) is 22.1 Å². The van der Waals surface area contributed by atoms with Gasteiger partial charge in [0.1, 0.15) is 10.0 Å². The Hall–Kier alpha value is -1.47. The highest BCUT2D eigenvalue weighted by Crippen LogP contribution is 2.15. The molecule has 108 valence electrons. The van der Waals surface area contributed by atoms with Gasteiger partial charge in [-0.3, -0.25) is 0 Å². The average molecular weight is 310 g/mol. The van der Waals surface area contributed by atoms with Crippen molar-refractivity contribution in [2.75, 3.05) is 7.05 Å². The molecule has 0 unspecified atom stereocenters. The monoisotopic (exact) mass is 310 g/mol. The summed E-state index contributed by atoms with van der Waals surface area (Å²) in [5.74, 6) is 0. The Labute approximate surface area is 126 Å². The van der Waals surface area contributed by atoms with Crippen molar-refractivity contribution in [3.05, 3.63) is 32.2 Å². The molecule has 0 aliphatic heterocycles. The fourth-order valence-corrected chi connectivity index (χ4v) is 3.26. The summed E-state index contributed by atoms with van der Waals surface area (Å²) in [6.07, 6.45) is 2.86. The zero-order valence-corrected chi connectivity index (χ0v) is 13.5. The summed E-state index contributed by atoms with van der Waals surface area (Å²) in [5, 5.41) is 6.73. The summed E-state index contributed by atoms with van der Waals surface area (Å²) in [5.41, 5.74) is 0.988. The quantitative estimate of drug-likeness (QED) is 0.924. The van der Waals surface area contributed by atoms with Crippen LogP contribution in [-0.4, -0.2) is 27.9 Å². The second kappa shape index (κ2) is 6.81. The minimum absolute atomic E-state index is 0.105. The average Bonchev–Trinajstić information content (AvgIpc) is 3.04. The number of hydrogen-bond acceptors (Lipinski definition) is 5.